The van der Waals surface area contributed by atoms with Crippen molar-refractivity contribution < 1.29 is 0 Å². The highest BCUT2D eigenvalue weighted by Gasteiger charge is 2.38. The normalized spacial score (nSPS) is 20.7. The van der Waals surface area contributed by atoms with Crippen LogP contribution in [0.5, 0.6) is 0 Å². The molecule has 1 aliphatic rings. The molecule has 0 N–H and O–H groups in total. The second kappa shape index (κ2) is 5.37. The molecule has 0 amide bonds. The van der Waals surface area contributed by atoms with Crippen molar-refractivity contribution in [2.24, 2.45) is 10.8 Å². The summed E-state index contributed by atoms with van der Waals surface area (Å²) in [6.07, 6.45) is 6.45. The van der Waals surface area contributed by atoms with E-state index in [0.29, 0.717) is 5.41 Å². The molecule has 2 rings (SSSR count). The summed E-state index contributed by atoms with van der Waals surface area (Å²) in [5.41, 5.74) is 2.99. The van der Waals surface area contributed by atoms with Gasteiger partial charge in [-0.1, -0.05) is 45.0 Å². The second-order valence-electron chi connectivity index (χ2n) is 6.90. The number of rotatable bonds is 3. The highest BCUT2D eigenvalue weighted by molar-refractivity contribution is 5.25. The van der Waals surface area contributed by atoms with Crippen LogP contribution in [0.3, 0.4) is 0 Å². The first-order valence-corrected chi connectivity index (χ1v) is 7.48. The van der Waals surface area contributed by atoms with Gasteiger partial charge in [-0.2, -0.15) is 5.26 Å². The van der Waals surface area contributed by atoms with Gasteiger partial charge < -0.3 is 0 Å². The van der Waals surface area contributed by atoms with Crippen LogP contribution in [-0.4, -0.2) is 0 Å². The average Bonchev–Trinajstić information content (AvgIpc) is 2.42. The first kappa shape index (κ1) is 14.1. The third-order valence-corrected chi connectivity index (χ3v) is 4.77. The van der Waals surface area contributed by atoms with Crippen LogP contribution in [0.2, 0.25) is 0 Å². The van der Waals surface area contributed by atoms with Crippen LogP contribution >= 0.6 is 0 Å². The fourth-order valence-electron chi connectivity index (χ4n) is 3.02. The molecule has 19 heavy (non-hydrogen) atoms. The fourth-order valence-corrected chi connectivity index (χ4v) is 3.02. The Morgan fingerprint density at radius 1 is 1.00 bits per heavy atom. The second-order valence-corrected chi connectivity index (χ2v) is 6.90. The van der Waals surface area contributed by atoms with E-state index < -0.39 is 0 Å². The fraction of sp³-hybridized carbons (Fsp3) is 0.611. The van der Waals surface area contributed by atoms with E-state index in [1.54, 1.807) is 0 Å². The summed E-state index contributed by atoms with van der Waals surface area (Å²) in [6.45, 7) is 6.82. The van der Waals surface area contributed by atoms with Crippen molar-refractivity contribution in [2.45, 2.75) is 59.3 Å². The lowest BCUT2D eigenvalue weighted by atomic mass is 9.64. The van der Waals surface area contributed by atoms with Gasteiger partial charge in [0.1, 0.15) is 0 Å². The van der Waals surface area contributed by atoms with Crippen molar-refractivity contribution in [3.05, 3.63) is 35.4 Å². The summed E-state index contributed by atoms with van der Waals surface area (Å²) in [7, 11) is 0. The highest BCUT2D eigenvalue weighted by Crippen LogP contribution is 2.46. The topological polar surface area (TPSA) is 23.8 Å². The van der Waals surface area contributed by atoms with Gasteiger partial charge in [0.05, 0.1) is 11.5 Å². The lowest BCUT2D eigenvalue weighted by Crippen LogP contribution is -2.31. The maximum Gasteiger partial charge on any atom is 0.0693 e. The Hall–Kier alpha value is -1.29. The Kier molecular flexibility index (Phi) is 3.99. The highest BCUT2D eigenvalue weighted by atomic mass is 14.4. The SMILES string of the molecule is CCc1ccc(CC2(C#N)CCC(C)(C)CC2)cc1. The smallest absolute Gasteiger partial charge is 0.0693 e. The largest absolute Gasteiger partial charge is 0.198 e. The molecule has 1 heteroatoms. The third kappa shape index (κ3) is 3.38. The van der Waals surface area contributed by atoms with E-state index in [0.717, 1.165) is 25.7 Å². The standard InChI is InChI=1S/C18H25N/c1-4-15-5-7-16(8-6-15)13-18(14-19)11-9-17(2,3)10-12-18/h5-8H,4,9-13H2,1-3H3. The Morgan fingerprint density at radius 2 is 1.53 bits per heavy atom. The lowest BCUT2D eigenvalue weighted by Gasteiger charge is -2.39. The summed E-state index contributed by atoms with van der Waals surface area (Å²) in [4.78, 5) is 0. The minimum atomic E-state index is -0.122. The van der Waals surface area contributed by atoms with Crippen molar-refractivity contribution >= 4 is 0 Å². The summed E-state index contributed by atoms with van der Waals surface area (Å²) in [5.74, 6) is 0. The predicted octanol–water partition coefficient (Wildman–Crippen LogP) is 4.90. The molecular formula is C18H25N. The molecule has 0 radical (unpaired) electrons. The van der Waals surface area contributed by atoms with E-state index >= 15 is 0 Å². The summed E-state index contributed by atoms with van der Waals surface area (Å²) in [5, 5.41) is 9.62. The zero-order valence-electron chi connectivity index (χ0n) is 12.5. The van der Waals surface area contributed by atoms with Crippen LogP contribution in [0.4, 0.5) is 0 Å². The molecule has 0 bridgehead atoms. The molecular weight excluding hydrogens is 230 g/mol. The molecule has 1 nitrogen and oxygen atoms in total. The van der Waals surface area contributed by atoms with Gasteiger partial charge in [0, 0.05) is 0 Å². The Labute approximate surface area is 117 Å². The molecule has 0 unspecified atom stereocenters. The Morgan fingerprint density at radius 3 is 2.00 bits per heavy atom. The van der Waals surface area contributed by atoms with Crippen molar-refractivity contribution in [1.82, 2.24) is 0 Å². The van der Waals surface area contributed by atoms with Crippen LogP contribution in [0.15, 0.2) is 24.3 Å². The molecule has 0 aliphatic heterocycles. The number of hydrogen-bond acceptors (Lipinski definition) is 1. The molecule has 1 saturated carbocycles. The molecule has 0 aromatic heterocycles. The molecule has 0 saturated heterocycles. The number of benzene rings is 1. The molecule has 0 atom stereocenters. The molecule has 1 fully saturated rings. The minimum Gasteiger partial charge on any atom is -0.198 e. The van der Waals surface area contributed by atoms with E-state index in [2.05, 4.69) is 51.1 Å². The van der Waals surface area contributed by atoms with Gasteiger partial charge in [0.15, 0.2) is 0 Å². The van der Waals surface area contributed by atoms with E-state index in [1.165, 1.54) is 24.0 Å². The van der Waals surface area contributed by atoms with Crippen molar-refractivity contribution in [1.29, 1.82) is 5.26 Å². The lowest BCUT2D eigenvalue weighted by molar-refractivity contribution is 0.146. The van der Waals surface area contributed by atoms with E-state index in [9.17, 15) is 5.26 Å². The van der Waals surface area contributed by atoms with Gasteiger partial charge in [0.2, 0.25) is 0 Å². The van der Waals surface area contributed by atoms with Crippen LogP contribution < -0.4 is 0 Å². The van der Waals surface area contributed by atoms with E-state index in [1.807, 2.05) is 0 Å². The summed E-state index contributed by atoms with van der Waals surface area (Å²) >= 11 is 0. The van der Waals surface area contributed by atoms with E-state index in [-0.39, 0.29) is 5.41 Å². The third-order valence-electron chi connectivity index (χ3n) is 4.77. The molecule has 0 heterocycles. The van der Waals surface area contributed by atoms with Gasteiger partial charge in [-0.15, -0.1) is 0 Å². The molecule has 1 aliphatic carbocycles. The first-order valence-electron chi connectivity index (χ1n) is 7.48. The van der Waals surface area contributed by atoms with Crippen LogP contribution in [0, 0.1) is 22.2 Å². The quantitative estimate of drug-likeness (QED) is 0.753. The molecule has 1 aromatic carbocycles. The number of nitriles is 1. The van der Waals surface area contributed by atoms with Gasteiger partial charge in [-0.25, -0.2) is 0 Å². The minimum absolute atomic E-state index is 0.122. The van der Waals surface area contributed by atoms with Gasteiger partial charge >= 0.3 is 0 Å². The number of hydrogen-bond donors (Lipinski definition) is 0. The van der Waals surface area contributed by atoms with Crippen LogP contribution in [0.25, 0.3) is 0 Å². The summed E-state index contributed by atoms with van der Waals surface area (Å²) in [6, 6.07) is 11.4. The molecule has 1 aromatic rings. The maximum atomic E-state index is 9.62. The zero-order chi connectivity index (χ0) is 13.9. The number of aryl methyl sites for hydroxylation is 1. The van der Waals surface area contributed by atoms with E-state index in [4.69, 9.17) is 0 Å². The first-order chi connectivity index (χ1) is 8.99. The van der Waals surface area contributed by atoms with Crippen LogP contribution in [0.1, 0.15) is 57.6 Å². The molecule has 0 spiro atoms. The summed E-state index contributed by atoms with van der Waals surface area (Å²) < 4.78 is 0. The van der Waals surface area contributed by atoms with Gasteiger partial charge in [-0.3, -0.25) is 0 Å². The van der Waals surface area contributed by atoms with Gasteiger partial charge in [0.25, 0.3) is 0 Å². The number of nitrogens with zero attached hydrogens (tertiary/aromatic N) is 1. The zero-order valence-corrected chi connectivity index (χ0v) is 12.5. The van der Waals surface area contributed by atoms with Crippen molar-refractivity contribution in [3.63, 3.8) is 0 Å². The maximum absolute atomic E-state index is 9.62. The van der Waals surface area contributed by atoms with Crippen molar-refractivity contribution in [2.75, 3.05) is 0 Å². The van der Waals surface area contributed by atoms with Crippen molar-refractivity contribution in [3.8, 4) is 6.07 Å². The van der Waals surface area contributed by atoms with Crippen LogP contribution in [-0.2, 0) is 12.8 Å². The Balaban J connectivity index is 2.09. The predicted molar refractivity (Wildman–Crippen MR) is 79.8 cm³/mol. The van der Waals surface area contributed by atoms with Gasteiger partial charge in [-0.05, 0) is 55.1 Å². The average molecular weight is 255 g/mol. The monoisotopic (exact) mass is 255 g/mol. The Bertz CT molecular complexity index is 451. The molecule has 102 valence electrons.